The van der Waals surface area contributed by atoms with Gasteiger partial charge in [0.1, 0.15) is 11.4 Å². The van der Waals surface area contributed by atoms with Crippen LogP contribution in [0.2, 0.25) is 0 Å². The molecule has 114 valence electrons. The number of benzene rings is 1. The molecular formula is C18H20N2O2. The molecule has 0 bridgehead atoms. The number of nitrogens with zero attached hydrogens (tertiary/aromatic N) is 2. The molecule has 1 aliphatic heterocycles. The first-order valence-corrected chi connectivity index (χ1v) is 7.63. The second-order valence-corrected chi connectivity index (χ2v) is 5.53. The standard InChI is InChI=1S/C18H20N2O2/c1-22-17-10-3-2-7-14(17)13-15-8-6-12-20(15)18(21)16-9-4-5-11-19-16/h2-5,7,9-11,15H,6,8,12-13H2,1H3/t15-/m0/s1. The van der Waals surface area contributed by atoms with Crippen LogP contribution < -0.4 is 4.74 Å². The van der Waals surface area contributed by atoms with Crippen molar-refractivity contribution in [3.63, 3.8) is 0 Å². The van der Waals surface area contributed by atoms with Gasteiger partial charge in [-0.15, -0.1) is 0 Å². The van der Waals surface area contributed by atoms with E-state index in [0.29, 0.717) is 5.69 Å². The number of ether oxygens (including phenoxy) is 1. The van der Waals surface area contributed by atoms with E-state index in [1.165, 1.54) is 0 Å². The number of likely N-dealkylation sites (tertiary alicyclic amines) is 1. The van der Waals surface area contributed by atoms with Crippen molar-refractivity contribution in [1.82, 2.24) is 9.88 Å². The van der Waals surface area contributed by atoms with Crippen molar-refractivity contribution >= 4 is 5.91 Å². The van der Waals surface area contributed by atoms with E-state index in [1.807, 2.05) is 35.2 Å². The van der Waals surface area contributed by atoms with Crippen LogP contribution in [-0.4, -0.2) is 35.5 Å². The van der Waals surface area contributed by atoms with Crippen molar-refractivity contribution in [3.8, 4) is 5.75 Å². The molecule has 4 heteroatoms. The molecule has 1 atom stereocenters. The van der Waals surface area contributed by atoms with Gasteiger partial charge in [0, 0.05) is 18.8 Å². The van der Waals surface area contributed by atoms with Crippen LogP contribution in [0.1, 0.15) is 28.9 Å². The Morgan fingerprint density at radius 1 is 1.27 bits per heavy atom. The molecule has 1 aromatic carbocycles. The number of carbonyl (C=O) groups excluding carboxylic acids is 1. The second-order valence-electron chi connectivity index (χ2n) is 5.53. The third-order valence-electron chi connectivity index (χ3n) is 4.17. The quantitative estimate of drug-likeness (QED) is 0.871. The normalized spacial score (nSPS) is 17.5. The van der Waals surface area contributed by atoms with Crippen molar-refractivity contribution in [2.75, 3.05) is 13.7 Å². The summed E-state index contributed by atoms with van der Waals surface area (Å²) in [5, 5.41) is 0. The maximum absolute atomic E-state index is 12.6. The summed E-state index contributed by atoms with van der Waals surface area (Å²) in [5.74, 6) is 0.914. The fraction of sp³-hybridized carbons (Fsp3) is 0.333. The van der Waals surface area contributed by atoms with Gasteiger partial charge in [-0.2, -0.15) is 0 Å². The fourth-order valence-corrected chi connectivity index (χ4v) is 3.08. The highest BCUT2D eigenvalue weighted by atomic mass is 16.5. The van der Waals surface area contributed by atoms with Crippen molar-refractivity contribution in [3.05, 3.63) is 59.9 Å². The number of aromatic nitrogens is 1. The maximum Gasteiger partial charge on any atom is 0.272 e. The summed E-state index contributed by atoms with van der Waals surface area (Å²) in [7, 11) is 1.68. The summed E-state index contributed by atoms with van der Waals surface area (Å²) in [6, 6.07) is 13.7. The summed E-state index contributed by atoms with van der Waals surface area (Å²) < 4.78 is 5.42. The second kappa shape index (κ2) is 6.60. The molecular weight excluding hydrogens is 276 g/mol. The lowest BCUT2D eigenvalue weighted by atomic mass is 10.0. The smallest absolute Gasteiger partial charge is 0.272 e. The number of amides is 1. The third-order valence-corrected chi connectivity index (χ3v) is 4.17. The molecule has 1 amide bonds. The highest BCUT2D eigenvalue weighted by Crippen LogP contribution is 2.26. The Morgan fingerprint density at radius 2 is 2.09 bits per heavy atom. The Morgan fingerprint density at radius 3 is 2.86 bits per heavy atom. The van der Waals surface area contributed by atoms with Crippen LogP contribution in [0.3, 0.4) is 0 Å². The predicted molar refractivity (Wildman–Crippen MR) is 85.0 cm³/mol. The van der Waals surface area contributed by atoms with Crippen molar-refractivity contribution < 1.29 is 9.53 Å². The van der Waals surface area contributed by atoms with E-state index in [0.717, 1.165) is 37.1 Å². The Hall–Kier alpha value is -2.36. The average molecular weight is 296 g/mol. The summed E-state index contributed by atoms with van der Waals surface area (Å²) >= 11 is 0. The molecule has 2 aromatic rings. The number of hydrogen-bond donors (Lipinski definition) is 0. The van der Waals surface area contributed by atoms with Gasteiger partial charge in [-0.3, -0.25) is 9.78 Å². The van der Waals surface area contributed by atoms with E-state index in [9.17, 15) is 4.79 Å². The van der Waals surface area contributed by atoms with E-state index in [4.69, 9.17) is 4.74 Å². The highest BCUT2D eigenvalue weighted by molar-refractivity contribution is 5.92. The third kappa shape index (κ3) is 2.96. The maximum atomic E-state index is 12.6. The molecule has 3 rings (SSSR count). The van der Waals surface area contributed by atoms with E-state index >= 15 is 0 Å². The molecule has 4 nitrogen and oxygen atoms in total. The molecule has 0 aliphatic carbocycles. The van der Waals surface area contributed by atoms with Crippen LogP contribution in [0.25, 0.3) is 0 Å². The van der Waals surface area contributed by atoms with Crippen molar-refractivity contribution in [2.45, 2.75) is 25.3 Å². The molecule has 0 unspecified atom stereocenters. The Kier molecular flexibility index (Phi) is 4.37. The molecule has 2 heterocycles. The number of carbonyl (C=O) groups is 1. The summed E-state index contributed by atoms with van der Waals surface area (Å²) in [6.45, 7) is 0.801. The zero-order chi connectivity index (χ0) is 15.4. The minimum absolute atomic E-state index is 0.0259. The molecule has 0 spiro atoms. The lowest BCUT2D eigenvalue weighted by molar-refractivity contribution is 0.0730. The Balaban J connectivity index is 1.77. The van der Waals surface area contributed by atoms with Crippen LogP contribution in [0.15, 0.2) is 48.7 Å². The zero-order valence-electron chi connectivity index (χ0n) is 12.7. The first kappa shape index (κ1) is 14.6. The van der Waals surface area contributed by atoms with E-state index in [-0.39, 0.29) is 11.9 Å². The van der Waals surface area contributed by atoms with Gasteiger partial charge in [0.15, 0.2) is 0 Å². The molecule has 0 saturated carbocycles. The topological polar surface area (TPSA) is 42.4 Å². The number of hydrogen-bond acceptors (Lipinski definition) is 3. The molecule has 0 radical (unpaired) electrons. The van der Waals surface area contributed by atoms with Gasteiger partial charge in [-0.25, -0.2) is 0 Å². The van der Waals surface area contributed by atoms with E-state index in [1.54, 1.807) is 19.4 Å². The van der Waals surface area contributed by atoms with E-state index in [2.05, 4.69) is 11.1 Å². The minimum Gasteiger partial charge on any atom is -0.496 e. The molecule has 22 heavy (non-hydrogen) atoms. The monoisotopic (exact) mass is 296 g/mol. The van der Waals surface area contributed by atoms with Gasteiger partial charge < -0.3 is 9.64 Å². The van der Waals surface area contributed by atoms with Gasteiger partial charge in [0.25, 0.3) is 5.91 Å². The minimum atomic E-state index is 0.0259. The van der Waals surface area contributed by atoms with E-state index < -0.39 is 0 Å². The van der Waals surface area contributed by atoms with Gasteiger partial charge in [0.05, 0.1) is 7.11 Å². The van der Waals surface area contributed by atoms with Gasteiger partial charge in [-0.1, -0.05) is 24.3 Å². The SMILES string of the molecule is COc1ccccc1C[C@@H]1CCCN1C(=O)c1ccccn1. The molecule has 0 N–H and O–H groups in total. The number of para-hydroxylation sites is 1. The number of methoxy groups -OCH3 is 1. The zero-order valence-corrected chi connectivity index (χ0v) is 12.7. The highest BCUT2D eigenvalue weighted by Gasteiger charge is 2.30. The van der Waals surface area contributed by atoms with Crippen LogP contribution in [0.5, 0.6) is 5.75 Å². The van der Waals surface area contributed by atoms with Crippen LogP contribution >= 0.6 is 0 Å². The lowest BCUT2D eigenvalue weighted by Gasteiger charge is -2.25. The first-order chi connectivity index (χ1) is 10.8. The van der Waals surface area contributed by atoms with Crippen molar-refractivity contribution in [1.29, 1.82) is 0 Å². The Labute approximate surface area is 130 Å². The summed E-state index contributed by atoms with van der Waals surface area (Å²) in [4.78, 5) is 18.8. The Bertz CT molecular complexity index is 643. The summed E-state index contributed by atoms with van der Waals surface area (Å²) in [5.41, 5.74) is 1.67. The summed E-state index contributed by atoms with van der Waals surface area (Å²) in [6.07, 6.45) is 4.55. The van der Waals surface area contributed by atoms with Gasteiger partial charge in [-0.05, 0) is 43.0 Å². The number of pyridine rings is 1. The van der Waals surface area contributed by atoms with Crippen molar-refractivity contribution in [2.24, 2.45) is 0 Å². The lowest BCUT2D eigenvalue weighted by Crippen LogP contribution is -2.37. The van der Waals surface area contributed by atoms with Crippen LogP contribution in [0.4, 0.5) is 0 Å². The molecule has 1 fully saturated rings. The van der Waals surface area contributed by atoms with Crippen LogP contribution in [-0.2, 0) is 6.42 Å². The molecule has 1 saturated heterocycles. The van der Waals surface area contributed by atoms with Gasteiger partial charge in [0.2, 0.25) is 0 Å². The number of rotatable bonds is 4. The predicted octanol–water partition coefficient (Wildman–Crippen LogP) is 2.94. The van der Waals surface area contributed by atoms with Gasteiger partial charge >= 0.3 is 0 Å². The first-order valence-electron chi connectivity index (χ1n) is 7.63. The molecule has 1 aromatic heterocycles. The fourth-order valence-electron chi connectivity index (χ4n) is 3.08. The average Bonchev–Trinajstić information content (AvgIpc) is 3.03. The molecule has 1 aliphatic rings. The van der Waals surface area contributed by atoms with Crippen LogP contribution in [0, 0.1) is 0 Å². The largest absolute Gasteiger partial charge is 0.496 e.